The lowest BCUT2D eigenvalue weighted by Gasteiger charge is -2.07. The summed E-state index contributed by atoms with van der Waals surface area (Å²) in [6.45, 7) is 0. The average Bonchev–Trinajstić information content (AvgIpc) is 3.09. The second-order valence-corrected chi connectivity index (χ2v) is 6.76. The van der Waals surface area contributed by atoms with Crippen molar-refractivity contribution in [3.05, 3.63) is 70.8 Å². The van der Waals surface area contributed by atoms with E-state index in [0.717, 1.165) is 27.8 Å². The number of hydrogen-bond acceptors (Lipinski definition) is 4. The van der Waals surface area contributed by atoms with Gasteiger partial charge in [0, 0.05) is 16.3 Å². The number of halogens is 4. The number of nitrogens with one attached hydrogen (secondary N) is 2. The normalized spacial score (nSPS) is 11.7. The summed E-state index contributed by atoms with van der Waals surface area (Å²) in [7, 11) is 0. The van der Waals surface area contributed by atoms with Gasteiger partial charge >= 0.3 is 6.18 Å². The van der Waals surface area contributed by atoms with E-state index in [9.17, 15) is 18.0 Å². The first-order chi connectivity index (χ1) is 13.8. The maximum atomic E-state index is 12.6. The molecular weight excluding hydrogens is 498 g/mol. The summed E-state index contributed by atoms with van der Waals surface area (Å²) in [6, 6.07) is 12.0. The van der Waals surface area contributed by atoms with E-state index >= 15 is 0 Å². The number of amides is 1. The van der Waals surface area contributed by atoms with E-state index in [1.807, 2.05) is 24.3 Å². The lowest BCUT2D eigenvalue weighted by molar-refractivity contribution is -0.137. The van der Waals surface area contributed by atoms with Gasteiger partial charge in [0.05, 0.1) is 5.56 Å². The summed E-state index contributed by atoms with van der Waals surface area (Å²) in [6.07, 6.45) is -3.10. The summed E-state index contributed by atoms with van der Waals surface area (Å²) in [4.78, 5) is 16.0. The molecule has 0 atom stereocenters. The Hall–Kier alpha value is -2.89. The quantitative estimate of drug-likeness (QED) is 0.247. The number of primary amides is 1. The van der Waals surface area contributed by atoms with Crippen molar-refractivity contribution in [3.8, 4) is 0 Å². The molecule has 0 aliphatic carbocycles. The van der Waals surface area contributed by atoms with Gasteiger partial charge in [0.2, 0.25) is 0 Å². The minimum Gasteiger partial charge on any atom is -0.365 e. The number of carbonyl (C=O) groups is 1. The zero-order chi connectivity index (χ0) is 21.0. The molecule has 150 valence electrons. The number of anilines is 2. The fraction of sp³-hybridized carbons (Fsp3) is 0.105. The Bertz CT molecular complexity index is 1040. The standard InChI is InChI=1S/C19H15F3IN5O/c20-19(21,22)13-6-4-11(5-7-13)10-25-17-15(16(24)29)18(28-27-17)26-14-3-1-2-12(8-14)9-23/h1-8,10H,9H2,(H2,24,29)(H2,26,27,28). The topological polar surface area (TPSA) is 96.2 Å². The summed E-state index contributed by atoms with van der Waals surface area (Å²) < 4.78 is 38.7. The van der Waals surface area contributed by atoms with E-state index in [-0.39, 0.29) is 17.2 Å². The van der Waals surface area contributed by atoms with Crippen LogP contribution in [0.4, 0.5) is 30.5 Å². The van der Waals surface area contributed by atoms with Crippen molar-refractivity contribution in [1.29, 1.82) is 0 Å². The molecule has 3 rings (SSSR count). The summed E-state index contributed by atoms with van der Waals surface area (Å²) in [5, 5.41) is 9.71. The lowest BCUT2D eigenvalue weighted by atomic mass is 10.1. The Morgan fingerprint density at radius 1 is 1.24 bits per heavy atom. The SMILES string of the molecule is NC(=O)c1c(N=Cc2ccc(C(F)(F)F)cc2)n[nH]c1Nc1cccc(CI)c1. The van der Waals surface area contributed by atoms with E-state index in [0.29, 0.717) is 5.56 Å². The van der Waals surface area contributed by atoms with Crippen LogP contribution < -0.4 is 11.1 Å². The number of aromatic amines is 1. The van der Waals surface area contributed by atoms with E-state index < -0.39 is 17.6 Å². The van der Waals surface area contributed by atoms with Crippen LogP contribution in [0, 0.1) is 0 Å². The van der Waals surface area contributed by atoms with Gasteiger partial charge in [-0.05, 0) is 35.4 Å². The summed E-state index contributed by atoms with van der Waals surface area (Å²) in [5.41, 5.74) is 7.01. The molecule has 1 aromatic heterocycles. The molecule has 1 amide bonds. The lowest BCUT2D eigenvalue weighted by Crippen LogP contribution is -2.12. The van der Waals surface area contributed by atoms with E-state index in [4.69, 9.17) is 5.73 Å². The Morgan fingerprint density at radius 3 is 2.59 bits per heavy atom. The van der Waals surface area contributed by atoms with Gasteiger partial charge in [-0.1, -0.05) is 46.9 Å². The van der Waals surface area contributed by atoms with E-state index in [2.05, 4.69) is 43.1 Å². The Labute approximate surface area is 177 Å². The molecule has 3 aromatic rings. The van der Waals surface area contributed by atoms with Crippen LogP contribution in [0.25, 0.3) is 0 Å². The summed E-state index contributed by atoms with van der Waals surface area (Å²) >= 11 is 2.24. The summed E-state index contributed by atoms with van der Waals surface area (Å²) in [5.74, 6) is -0.432. The highest BCUT2D eigenvalue weighted by molar-refractivity contribution is 14.1. The van der Waals surface area contributed by atoms with Gasteiger partial charge in [0.15, 0.2) is 5.82 Å². The molecule has 6 nitrogen and oxygen atoms in total. The van der Waals surface area contributed by atoms with Gasteiger partial charge in [-0.2, -0.15) is 18.3 Å². The molecule has 0 aliphatic rings. The van der Waals surface area contributed by atoms with Crippen molar-refractivity contribution in [2.75, 3.05) is 5.32 Å². The molecular formula is C19H15F3IN5O. The number of aliphatic imine (C=N–C) groups is 1. The third-order valence-electron chi connectivity index (χ3n) is 3.92. The largest absolute Gasteiger partial charge is 0.416 e. The van der Waals surface area contributed by atoms with Crippen LogP contribution in [0.2, 0.25) is 0 Å². The molecule has 0 unspecified atom stereocenters. The molecule has 0 saturated carbocycles. The van der Waals surface area contributed by atoms with Gasteiger partial charge in [0.25, 0.3) is 5.91 Å². The van der Waals surface area contributed by atoms with Crippen molar-refractivity contribution in [3.63, 3.8) is 0 Å². The maximum Gasteiger partial charge on any atom is 0.416 e. The third-order valence-corrected chi connectivity index (χ3v) is 4.80. The van der Waals surface area contributed by atoms with Crippen LogP contribution in [0.1, 0.15) is 27.0 Å². The van der Waals surface area contributed by atoms with Crippen molar-refractivity contribution in [2.45, 2.75) is 10.6 Å². The van der Waals surface area contributed by atoms with E-state index in [1.165, 1.54) is 18.3 Å². The van der Waals surface area contributed by atoms with Gasteiger partial charge in [-0.15, -0.1) is 0 Å². The number of alkyl halides is 4. The van der Waals surface area contributed by atoms with Gasteiger partial charge in [0.1, 0.15) is 11.4 Å². The highest BCUT2D eigenvalue weighted by Crippen LogP contribution is 2.29. The number of benzene rings is 2. The number of carbonyl (C=O) groups excluding carboxylic acids is 1. The monoisotopic (exact) mass is 513 g/mol. The molecule has 10 heteroatoms. The maximum absolute atomic E-state index is 12.6. The fourth-order valence-electron chi connectivity index (χ4n) is 2.52. The predicted molar refractivity (Wildman–Crippen MR) is 113 cm³/mol. The Morgan fingerprint density at radius 2 is 1.97 bits per heavy atom. The third kappa shape index (κ3) is 5.13. The molecule has 2 aromatic carbocycles. The molecule has 4 N–H and O–H groups in total. The highest BCUT2D eigenvalue weighted by atomic mass is 127. The number of aromatic nitrogens is 2. The first kappa shape index (κ1) is 20.8. The van der Waals surface area contributed by atoms with Crippen molar-refractivity contribution in [1.82, 2.24) is 10.2 Å². The molecule has 29 heavy (non-hydrogen) atoms. The first-order valence-electron chi connectivity index (χ1n) is 8.29. The van der Waals surface area contributed by atoms with Crippen LogP contribution in [0.5, 0.6) is 0 Å². The molecule has 0 bridgehead atoms. The Kier molecular flexibility index (Phi) is 6.20. The second kappa shape index (κ2) is 8.64. The highest BCUT2D eigenvalue weighted by Gasteiger charge is 2.29. The zero-order valence-corrected chi connectivity index (χ0v) is 17.0. The number of hydrogen-bond donors (Lipinski definition) is 3. The molecule has 0 radical (unpaired) electrons. The van der Waals surface area contributed by atoms with Crippen molar-refractivity contribution in [2.24, 2.45) is 10.7 Å². The first-order valence-corrected chi connectivity index (χ1v) is 9.82. The van der Waals surface area contributed by atoms with Crippen LogP contribution in [0.3, 0.4) is 0 Å². The van der Waals surface area contributed by atoms with Gasteiger partial charge in [-0.3, -0.25) is 9.89 Å². The van der Waals surface area contributed by atoms with Crippen molar-refractivity contribution >= 4 is 52.0 Å². The number of H-pyrrole nitrogens is 1. The van der Waals surface area contributed by atoms with Crippen LogP contribution in [-0.2, 0) is 10.6 Å². The number of nitrogens with zero attached hydrogens (tertiary/aromatic N) is 2. The number of nitrogens with two attached hydrogens (primary N) is 1. The van der Waals surface area contributed by atoms with Crippen LogP contribution >= 0.6 is 22.6 Å². The minimum atomic E-state index is -4.41. The molecule has 0 aliphatic heterocycles. The fourth-order valence-corrected chi connectivity index (χ4v) is 2.99. The van der Waals surface area contributed by atoms with E-state index in [1.54, 1.807) is 0 Å². The second-order valence-electron chi connectivity index (χ2n) is 6.00. The molecule has 0 saturated heterocycles. The minimum absolute atomic E-state index is 0.0324. The molecule has 0 fully saturated rings. The molecule has 1 heterocycles. The van der Waals surface area contributed by atoms with Crippen LogP contribution in [0.15, 0.2) is 53.5 Å². The molecule has 0 spiro atoms. The predicted octanol–water partition coefficient (Wildman–Crippen LogP) is 4.96. The zero-order valence-electron chi connectivity index (χ0n) is 14.8. The average molecular weight is 513 g/mol. The van der Waals surface area contributed by atoms with Crippen molar-refractivity contribution < 1.29 is 18.0 Å². The van der Waals surface area contributed by atoms with Gasteiger partial charge < -0.3 is 11.1 Å². The number of rotatable bonds is 6. The Balaban J connectivity index is 1.84. The van der Waals surface area contributed by atoms with Gasteiger partial charge in [-0.25, -0.2) is 4.99 Å². The smallest absolute Gasteiger partial charge is 0.365 e. The van der Waals surface area contributed by atoms with Crippen LogP contribution in [-0.4, -0.2) is 22.3 Å².